The summed E-state index contributed by atoms with van der Waals surface area (Å²) in [5.74, 6) is 0.675. The molecule has 1 aliphatic heterocycles. The van der Waals surface area contributed by atoms with Gasteiger partial charge in [-0.25, -0.2) is 0 Å². The van der Waals surface area contributed by atoms with Gasteiger partial charge in [0.15, 0.2) is 0 Å². The van der Waals surface area contributed by atoms with Crippen molar-refractivity contribution < 1.29 is 0 Å². The van der Waals surface area contributed by atoms with Gasteiger partial charge in [-0.1, -0.05) is 35.8 Å². The molecular formula is C15H23BrN2. The van der Waals surface area contributed by atoms with Gasteiger partial charge in [-0.2, -0.15) is 0 Å². The van der Waals surface area contributed by atoms with Crippen LogP contribution in [0.5, 0.6) is 0 Å². The summed E-state index contributed by atoms with van der Waals surface area (Å²) in [5, 5.41) is 3.64. The quantitative estimate of drug-likeness (QED) is 0.898. The summed E-state index contributed by atoms with van der Waals surface area (Å²) in [6, 6.07) is 7.81. The molecule has 3 heteroatoms. The lowest BCUT2D eigenvalue weighted by atomic mass is 9.99. The summed E-state index contributed by atoms with van der Waals surface area (Å²) < 4.78 is 1.20. The first-order valence-corrected chi connectivity index (χ1v) is 7.54. The van der Waals surface area contributed by atoms with Gasteiger partial charge < -0.3 is 10.2 Å². The van der Waals surface area contributed by atoms with Crippen LogP contribution < -0.4 is 10.2 Å². The van der Waals surface area contributed by atoms with Gasteiger partial charge >= 0.3 is 0 Å². The molecule has 18 heavy (non-hydrogen) atoms. The number of anilines is 1. The maximum Gasteiger partial charge on any atom is 0.0387 e. The molecule has 1 saturated heterocycles. The van der Waals surface area contributed by atoms with Crippen molar-refractivity contribution in [3.63, 3.8) is 0 Å². The Balaban J connectivity index is 2.21. The molecule has 0 aromatic heterocycles. The summed E-state index contributed by atoms with van der Waals surface area (Å²) in [5.41, 5.74) is 2.62. The third-order valence-electron chi connectivity index (χ3n) is 3.89. The van der Waals surface area contributed by atoms with Crippen molar-refractivity contribution in [1.82, 2.24) is 5.32 Å². The van der Waals surface area contributed by atoms with Crippen LogP contribution >= 0.6 is 15.9 Å². The molecule has 2 nitrogen and oxygen atoms in total. The zero-order chi connectivity index (χ0) is 13.3. The monoisotopic (exact) mass is 310 g/mol. The predicted octanol–water partition coefficient (Wildman–Crippen LogP) is 3.58. The Morgan fingerprint density at radius 2 is 2.11 bits per heavy atom. The minimum Gasteiger partial charge on any atom is -0.366 e. The lowest BCUT2D eigenvalue weighted by Gasteiger charge is -2.42. The molecule has 0 amide bonds. The second-order valence-corrected chi connectivity index (χ2v) is 6.55. The molecular weight excluding hydrogens is 288 g/mol. The molecule has 1 aromatic carbocycles. The second kappa shape index (κ2) is 5.62. The van der Waals surface area contributed by atoms with Gasteiger partial charge in [-0.3, -0.25) is 0 Å². The van der Waals surface area contributed by atoms with E-state index in [1.54, 1.807) is 0 Å². The van der Waals surface area contributed by atoms with Gasteiger partial charge in [0.2, 0.25) is 0 Å². The highest BCUT2D eigenvalue weighted by atomic mass is 79.9. The van der Waals surface area contributed by atoms with E-state index < -0.39 is 0 Å². The molecule has 2 unspecified atom stereocenters. The number of halogens is 1. The van der Waals surface area contributed by atoms with Crippen LogP contribution in [0.15, 0.2) is 22.7 Å². The van der Waals surface area contributed by atoms with Gasteiger partial charge in [0, 0.05) is 35.3 Å². The highest BCUT2D eigenvalue weighted by molar-refractivity contribution is 9.10. The molecule has 1 heterocycles. The Hall–Kier alpha value is -0.540. The van der Waals surface area contributed by atoms with E-state index in [9.17, 15) is 0 Å². The van der Waals surface area contributed by atoms with E-state index in [2.05, 4.69) is 72.0 Å². The van der Waals surface area contributed by atoms with Crippen LogP contribution in [0.1, 0.15) is 26.3 Å². The Morgan fingerprint density at radius 3 is 2.72 bits per heavy atom. The van der Waals surface area contributed by atoms with Crippen molar-refractivity contribution in [1.29, 1.82) is 0 Å². The predicted molar refractivity (Wildman–Crippen MR) is 82.3 cm³/mol. The number of nitrogens with one attached hydrogen (secondary N) is 1. The van der Waals surface area contributed by atoms with Crippen molar-refractivity contribution in [2.75, 3.05) is 18.0 Å². The lowest BCUT2D eigenvalue weighted by Crippen LogP contribution is -2.57. The van der Waals surface area contributed by atoms with Crippen LogP contribution in [0.4, 0.5) is 5.69 Å². The molecule has 1 fully saturated rings. The number of hydrogen-bond donors (Lipinski definition) is 1. The van der Waals surface area contributed by atoms with E-state index in [1.165, 1.54) is 15.7 Å². The van der Waals surface area contributed by atoms with Gasteiger partial charge in [-0.15, -0.1) is 0 Å². The zero-order valence-electron chi connectivity index (χ0n) is 11.7. The summed E-state index contributed by atoms with van der Waals surface area (Å²) in [6.07, 6.45) is 0. The molecule has 0 spiro atoms. The van der Waals surface area contributed by atoms with Crippen molar-refractivity contribution in [2.45, 2.75) is 39.8 Å². The van der Waals surface area contributed by atoms with Crippen LogP contribution in [-0.2, 0) is 0 Å². The molecule has 2 rings (SSSR count). The maximum absolute atomic E-state index is 3.64. The Labute approximate surface area is 119 Å². The molecule has 2 atom stereocenters. The number of benzene rings is 1. The summed E-state index contributed by atoms with van der Waals surface area (Å²) in [7, 11) is 0. The zero-order valence-corrected chi connectivity index (χ0v) is 13.3. The molecule has 1 aliphatic rings. The number of aryl methyl sites for hydroxylation is 1. The van der Waals surface area contributed by atoms with E-state index in [1.807, 2.05) is 0 Å². The molecule has 1 aromatic rings. The molecule has 0 bridgehead atoms. The highest BCUT2D eigenvalue weighted by Gasteiger charge is 2.26. The average Bonchev–Trinajstić information content (AvgIpc) is 2.33. The fourth-order valence-electron chi connectivity index (χ4n) is 2.46. The number of piperazine rings is 1. The SMILES string of the molecule is Cc1ccc(N2CC(C(C)C)NCC2C)cc1Br. The van der Waals surface area contributed by atoms with Crippen molar-refractivity contribution in [2.24, 2.45) is 5.92 Å². The second-order valence-electron chi connectivity index (χ2n) is 5.69. The van der Waals surface area contributed by atoms with E-state index in [-0.39, 0.29) is 0 Å². The van der Waals surface area contributed by atoms with Crippen LogP contribution in [-0.4, -0.2) is 25.2 Å². The Bertz CT molecular complexity index is 417. The summed E-state index contributed by atoms with van der Waals surface area (Å²) in [6.45, 7) is 11.2. The van der Waals surface area contributed by atoms with E-state index in [0.29, 0.717) is 18.0 Å². The summed E-state index contributed by atoms with van der Waals surface area (Å²) >= 11 is 3.63. The first-order valence-electron chi connectivity index (χ1n) is 6.75. The van der Waals surface area contributed by atoms with E-state index in [0.717, 1.165) is 13.1 Å². The molecule has 0 radical (unpaired) electrons. The third kappa shape index (κ3) is 2.89. The largest absolute Gasteiger partial charge is 0.366 e. The molecule has 100 valence electrons. The van der Waals surface area contributed by atoms with Crippen LogP contribution in [0.2, 0.25) is 0 Å². The van der Waals surface area contributed by atoms with Gasteiger partial charge in [-0.05, 0) is 37.5 Å². The number of hydrogen-bond acceptors (Lipinski definition) is 2. The first-order chi connectivity index (χ1) is 8.49. The summed E-state index contributed by atoms with van der Waals surface area (Å²) in [4.78, 5) is 2.52. The number of rotatable bonds is 2. The van der Waals surface area contributed by atoms with Crippen LogP contribution in [0.25, 0.3) is 0 Å². The smallest absolute Gasteiger partial charge is 0.0387 e. The molecule has 0 saturated carbocycles. The number of nitrogens with zero attached hydrogens (tertiary/aromatic N) is 1. The van der Waals surface area contributed by atoms with Gasteiger partial charge in [0.25, 0.3) is 0 Å². The van der Waals surface area contributed by atoms with E-state index >= 15 is 0 Å². The third-order valence-corrected chi connectivity index (χ3v) is 4.75. The van der Waals surface area contributed by atoms with Crippen LogP contribution in [0.3, 0.4) is 0 Å². The fourth-order valence-corrected chi connectivity index (χ4v) is 2.82. The normalized spacial score (nSPS) is 24.7. The minimum absolute atomic E-state index is 0.551. The topological polar surface area (TPSA) is 15.3 Å². The Kier molecular flexibility index (Phi) is 4.33. The van der Waals surface area contributed by atoms with Crippen molar-refractivity contribution in [3.8, 4) is 0 Å². The highest BCUT2D eigenvalue weighted by Crippen LogP contribution is 2.27. The Morgan fingerprint density at radius 1 is 1.39 bits per heavy atom. The fraction of sp³-hybridized carbons (Fsp3) is 0.600. The van der Waals surface area contributed by atoms with Crippen molar-refractivity contribution >= 4 is 21.6 Å². The maximum atomic E-state index is 3.64. The van der Waals surface area contributed by atoms with E-state index in [4.69, 9.17) is 0 Å². The minimum atomic E-state index is 0.551. The van der Waals surface area contributed by atoms with Gasteiger partial charge in [0.05, 0.1) is 0 Å². The van der Waals surface area contributed by atoms with Crippen LogP contribution in [0, 0.1) is 12.8 Å². The lowest BCUT2D eigenvalue weighted by molar-refractivity contribution is 0.337. The molecule has 1 N–H and O–H groups in total. The van der Waals surface area contributed by atoms with Gasteiger partial charge in [0.1, 0.15) is 0 Å². The standard InChI is InChI=1S/C15H23BrN2/c1-10(2)15-9-18(12(4)8-17-15)13-6-5-11(3)14(16)7-13/h5-7,10,12,15,17H,8-9H2,1-4H3. The molecule has 0 aliphatic carbocycles. The average molecular weight is 311 g/mol. The first kappa shape index (κ1) is 13.9. The van der Waals surface area contributed by atoms with Crippen molar-refractivity contribution in [3.05, 3.63) is 28.2 Å².